The largest absolute Gasteiger partial charge is 0.309 e. The molecule has 2 rings (SSSR count). The van der Waals surface area contributed by atoms with Crippen LogP contribution in [0.15, 0.2) is 53.7 Å². The average Bonchev–Trinajstić information content (AvgIpc) is 2.50. The zero-order valence-corrected chi connectivity index (χ0v) is 12.4. The number of hydrogen-bond donors (Lipinski definition) is 1. The summed E-state index contributed by atoms with van der Waals surface area (Å²) in [7, 11) is 0. The molecule has 0 saturated heterocycles. The van der Waals surface area contributed by atoms with E-state index in [9.17, 15) is 4.39 Å². The highest BCUT2D eigenvalue weighted by Crippen LogP contribution is 2.26. The molecule has 1 heterocycles. The molecule has 106 valence electrons. The maximum absolute atomic E-state index is 13.6. The molecule has 0 bridgehead atoms. The van der Waals surface area contributed by atoms with Gasteiger partial charge in [0.05, 0.1) is 0 Å². The Morgan fingerprint density at radius 1 is 1.25 bits per heavy atom. The molecule has 0 aliphatic rings. The van der Waals surface area contributed by atoms with Crippen molar-refractivity contribution in [3.63, 3.8) is 0 Å². The summed E-state index contributed by atoms with van der Waals surface area (Å²) >= 11 is 1.54. The molecule has 4 heteroatoms. The van der Waals surface area contributed by atoms with Gasteiger partial charge in [-0.15, -0.1) is 11.8 Å². The van der Waals surface area contributed by atoms with Gasteiger partial charge in [0.25, 0.3) is 0 Å². The van der Waals surface area contributed by atoms with E-state index in [0.717, 1.165) is 24.3 Å². The highest BCUT2D eigenvalue weighted by molar-refractivity contribution is 7.99. The van der Waals surface area contributed by atoms with Crippen molar-refractivity contribution < 1.29 is 4.39 Å². The monoisotopic (exact) mass is 290 g/mol. The Morgan fingerprint density at radius 2 is 2.10 bits per heavy atom. The third-order valence-electron chi connectivity index (χ3n) is 2.97. The van der Waals surface area contributed by atoms with Crippen LogP contribution in [0.4, 0.5) is 4.39 Å². The van der Waals surface area contributed by atoms with Crippen LogP contribution >= 0.6 is 11.8 Å². The fourth-order valence-corrected chi connectivity index (χ4v) is 2.95. The number of aromatic nitrogens is 1. The number of halogens is 1. The minimum atomic E-state index is -0.155. The predicted molar refractivity (Wildman–Crippen MR) is 82.4 cm³/mol. The van der Waals surface area contributed by atoms with Gasteiger partial charge >= 0.3 is 0 Å². The number of rotatable bonds is 7. The number of nitrogens with zero attached hydrogens (tertiary/aromatic N) is 1. The Balaban J connectivity index is 2.03. The second-order valence-corrected chi connectivity index (χ2v) is 5.60. The van der Waals surface area contributed by atoms with E-state index >= 15 is 0 Å². The van der Waals surface area contributed by atoms with Crippen LogP contribution in [0.25, 0.3) is 0 Å². The maximum Gasteiger partial charge on any atom is 0.136 e. The summed E-state index contributed by atoms with van der Waals surface area (Å²) in [6.45, 7) is 3.08. The summed E-state index contributed by atoms with van der Waals surface area (Å²) in [6, 6.07) is 11.1. The molecule has 1 atom stereocenters. The van der Waals surface area contributed by atoms with Gasteiger partial charge in [0.1, 0.15) is 5.82 Å². The third kappa shape index (κ3) is 4.32. The van der Waals surface area contributed by atoms with E-state index in [1.807, 2.05) is 24.4 Å². The Kier molecular flexibility index (Phi) is 6.02. The van der Waals surface area contributed by atoms with Crippen molar-refractivity contribution in [2.75, 3.05) is 12.3 Å². The molecule has 1 N–H and O–H groups in total. The first-order chi connectivity index (χ1) is 9.81. The Hall–Kier alpha value is -1.39. The van der Waals surface area contributed by atoms with Gasteiger partial charge in [-0.05, 0) is 36.7 Å². The van der Waals surface area contributed by atoms with Crippen LogP contribution < -0.4 is 5.32 Å². The Morgan fingerprint density at radius 3 is 2.80 bits per heavy atom. The van der Waals surface area contributed by atoms with Crippen LogP contribution in [-0.2, 0) is 0 Å². The topological polar surface area (TPSA) is 24.9 Å². The molecular weight excluding hydrogens is 271 g/mol. The van der Waals surface area contributed by atoms with Gasteiger partial charge in [-0.25, -0.2) is 4.39 Å². The quantitative estimate of drug-likeness (QED) is 0.779. The lowest BCUT2D eigenvalue weighted by Crippen LogP contribution is -2.24. The van der Waals surface area contributed by atoms with Crippen LogP contribution in [0.3, 0.4) is 0 Å². The Labute approximate surface area is 123 Å². The van der Waals surface area contributed by atoms with E-state index in [4.69, 9.17) is 0 Å². The summed E-state index contributed by atoms with van der Waals surface area (Å²) in [5.41, 5.74) is 1.14. The van der Waals surface area contributed by atoms with Crippen LogP contribution in [0.5, 0.6) is 0 Å². The summed E-state index contributed by atoms with van der Waals surface area (Å²) in [6.07, 6.45) is 4.71. The molecule has 2 nitrogen and oxygen atoms in total. The standard InChI is InChI=1S/C16H19FN2S/c1-2-9-19-15(13-6-5-10-18-11-13)12-20-16-8-4-3-7-14(16)17/h3-8,10-11,15,19H,2,9,12H2,1H3. The van der Waals surface area contributed by atoms with Crippen molar-refractivity contribution in [1.29, 1.82) is 0 Å². The molecule has 0 aliphatic carbocycles. The first-order valence-electron chi connectivity index (χ1n) is 6.82. The van der Waals surface area contributed by atoms with Gasteiger partial charge in [-0.2, -0.15) is 0 Å². The van der Waals surface area contributed by atoms with Gasteiger partial charge in [0, 0.05) is 29.1 Å². The van der Waals surface area contributed by atoms with Gasteiger partial charge in [-0.3, -0.25) is 4.98 Å². The second-order valence-electron chi connectivity index (χ2n) is 4.53. The number of pyridine rings is 1. The highest BCUT2D eigenvalue weighted by Gasteiger charge is 2.12. The van der Waals surface area contributed by atoms with Gasteiger partial charge < -0.3 is 5.32 Å². The van der Waals surface area contributed by atoms with Gasteiger partial charge in [0.2, 0.25) is 0 Å². The molecule has 0 saturated carbocycles. The zero-order valence-electron chi connectivity index (χ0n) is 11.6. The molecule has 0 spiro atoms. The number of hydrogen-bond acceptors (Lipinski definition) is 3. The van der Waals surface area contributed by atoms with Crippen molar-refractivity contribution >= 4 is 11.8 Å². The molecule has 1 aromatic heterocycles. The Bertz CT molecular complexity index is 519. The van der Waals surface area contributed by atoms with Crippen LogP contribution in [0.2, 0.25) is 0 Å². The molecule has 0 radical (unpaired) electrons. The average molecular weight is 290 g/mol. The molecular formula is C16H19FN2S. The van der Waals surface area contributed by atoms with E-state index in [-0.39, 0.29) is 11.9 Å². The SMILES string of the molecule is CCCNC(CSc1ccccc1F)c1cccnc1. The second kappa shape index (κ2) is 8.02. The predicted octanol–water partition coefficient (Wildman–Crippen LogP) is 4.05. The van der Waals surface area contributed by atoms with Crippen LogP contribution in [-0.4, -0.2) is 17.3 Å². The van der Waals surface area contributed by atoms with Crippen molar-refractivity contribution in [3.8, 4) is 0 Å². The van der Waals surface area contributed by atoms with Crippen molar-refractivity contribution in [2.24, 2.45) is 0 Å². The zero-order chi connectivity index (χ0) is 14.2. The summed E-state index contributed by atoms with van der Waals surface area (Å²) in [5.74, 6) is 0.630. The molecule has 1 aromatic carbocycles. The molecule has 20 heavy (non-hydrogen) atoms. The minimum absolute atomic E-state index is 0.155. The highest BCUT2D eigenvalue weighted by atomic mass is 32.2. The van der Waals surface area contributed by atoms with Crippen LogP contribution in [0, 0.1) is 5.82 Å². The summed E-state index contributed by atoms with van der Waals surface area (Å²) in [5, 5.41) is 3.49. The van der Waals surface area contributed by atoms with E-state index in [2.05, 4.69) is 23.3 Å². The number of thioether (sulfide) groups is 1. The van der Waals surface area contributed by atoms with Gasteiger partial charge in [-0.1, -0.05) is 25.1 Å². The van der Waals surface area contributed by atoms with E-state index in [1.165, 1.54) is 17.8 Å². The summed E-state index contributed by atoms with van der Waals surface area (Å²) in [4.78, 5) is 4.86. The van der Waals surface area contributed by atoms with E-state index in [1.54, 1.807) is 12.3 Å². The smallest absolute Gasteiger partial charge is 0.136 e. The number of nitrogens with one attached hydrogen (secondary N) is 1. The molecule has 2 aromatic rings. The molecule has 0 fully saturated rings. The third-order valence-corrected chi connectivity index (χ3v) is 4.11. The lowest BCUT2D eigenvalue weighted by molar-refractivity contribution is 0.574. The lowest BCUT2D eigenvalue weighted by Gasteiger charge is -2.18. The summed E-state index contributed by atoms with van der Waals surface area (Å²) < 4.78 is 13.6. The lowest BCUT2D eigenvalue weighted by atomic mass is 10.1. The van der Waals surface area contributed by atoms with Crippen molar-refractivity contribution in [1.82, 2.24) is 10.3 Å². The fourth-order valence-electron chi connectivity index (χ4n) is 1.91. The maximum atomic E-state index is 13.6. The minimum Gasteiger partial charge on any atom is -0.309 e. The molecule has 0 aliphatic heterocycles. The first kappa shape index (κ1) is 15.0. The normalized spacial score (nSPS) is 12.3. The van der Waals surface area contributed by atoms with Crippen LogP contribution in [0.1, 0.15) is 24.9 Å². The van der Waals surface area contributed by atoms with Gasteiger partial charge in [0.15, 0.2) is 0 Å². The van der Waals surface area contributed by atoms with E-state index < -0.39 is 0 Å². The van der Waals surface area contributed by atoms with E-state index in [0.29, 0.717) is 4.90 Å². The number of benzene rings is 1. The molecule has 0 amide bonds. The fraction of sp³-hybridized carbons (Fsp3) is 0.312. The van der Waals surface area contributed by atoms with Crippen molar-refractivity contribution in [2.45, 2.75) is 24.3 Å². The molecule has 1 unspecified atom stereocenters. The first-order valence-corrected chi connectivity index (χ1v) is 7.80. The van der Waals surface area contributed by atoms with Crippen molar-refractivity contribution in [3.05, 3.63) is 60.2 Å².